The van der Waals surface area contributed by atoms with Gasteiger partial charge in [0, 0.05) is 13.2 Å². The lowest BCUT2D eigenvalue weighted by Gasteiger charge is -2.26. The molecule has 1 aromatic rings. The molecule has 0 spiro atoms. The topological polar surface area (TPSA) is 30.5 Å². The van der Waals surface area contributed by atoms with E-state index in [2.05, 4.69) is 38.2 Å². The van der Waals surface area contributed by atoms with Crippen molar-refractivity contribution in [3.05, 3.63) is 29.3 Å². The number of hydrogen-bond acceptors (Lipinski definition) is 3. The van der Waals surface area contributed by atoms with E-state index in [9.17, 15) is 0 Å². The van der Waals surface area contributed by atoms with Crippen molar-refractivity contribution in [2.45, 2.75) is 45.3 Å². The zero-order valence-corrected chi connectivity index (χ0v) is 13.0. The number of ether oxygens (including phenoxy) is 2. The highest BCUT2D eigenvalue weighted by Crippen LogP contribution is 2.27. The minimum absolute atomic E-state index is 0.0728. The summed E-state index contributed by atoms with van der Waals surface area (Å²) in [5.74, 6) is 0.941. The standard InChI is InChI=1S/C16H27NO2/c1-12-11-13(7-8-15(12)18-5)14(17-4)9-10-16(2,3)19-6/h7-8,11,14,17H,9-10H2,1-6H3. The molecule has 0 radical (unpaired) electrons. The van der Waals surface area contributed by atoms with E-state index in [4.69, 9.17) is 9.47 Å². The summed E-state index contributed by atoms with van der Waals surface area (Å²) in [5.41, 5.74) is 2.40. The Labute approximate surface area is 117 Å². The van der Waals surface area contributed by atoms with Crippen LogP contribution in [-0.4, -0.2) is 26.9 Å². The summed E-state index contributed by atoms with van der Waals surface area (Å²) in [6.45, 7) is 6.33. The van der Waals surface area contributed by atoms with Crippen molar-refractivity contribution in [3.63, 3.8) is 0 Å². The largest absolute Gasteiger partial charge is 0.496 e. The molecule has 3 nitrogen and oxygen atoms in total. The first-order valence-corrected chi connectivity index (χ1v) is 6.80. The predicted molar refractivity (Wildman–Crippen MR) is 79.9 cm³/mol. The van der Waals surface area contributed by atoms with Crippen molar-refractivity contribution in [2.24, 2.45) is 0 Å². The molecule has 19 heavy (non-hydrogen) atoms. The van der Waals surface area contributed by atoms with Crippen molar-refractivity contribution >= 4 is 0 Å². The number of hydrogen-bond donors (Lipinski definition) is 1. The summed E-state index contributed by atoms with van der Waals surface area (Å²) in [6, 6.07) is 6.71. The molecular formula is C16H27NO2. The maximum Gasteiger partial charge on any atom is 0.121 e. The average Bonchev–Trinajstić information content (AvgIpc) is 2.39. The van der Waals surface area contributed by atoms with Gasteiger partial charge in [-0.15, -0.1) is 0 Å². The quantitative estimate of drug-likeness (QED) is 0.819. The SMILES string of the molecule is CNC(CCC(C)(C)OC)c1ccc(OC)c(C)c1. The Kier molecular flexibility index (Phi) is 5.83. The fraction of sp³-hybridized carbons (Fsp3) is 0.625. The molecule has 0 saturated carbocycles. The highest BCUT2D eigenvalue weighted by molar-refractivity contribution is 5.37. The molecule has 0 bridgehead atoms. The summed E-state index contributed by atoms with van der Waals surface area (Å²) >= 11 is 0. The first-order chi connectivity index (χ1) is 8.93. The minimum Gasteiger partial charge on any atom is -0.496 e. The molecule has 1 aromatic carbocycles. The highest BCUT2D eigenvalue weighted by Gasteiger charge is 2.19. The van der Waals surface area contributed by atoms with E-state index >= 15 is 0 Å². The fourth-order valence-corrected chi connectivity index (χ4v) is 2.19. The summed E-state index contributed by atoms with van der Waals surface area (Å²) in [7, 11) is 5.48. The van der Waals surface area contributed by atoms with Gasteiger partial charge in [0.1, 0.15) is 5.75 Å². The third kappa shape index (κ3) is 4.51. The van der Waals surface area contributed by atoms with Crippen LogP contribution in [-0.2, 0) is 4.74 Å². The molecular weight excluding hydrogens is 238 g/mol. The lowest BCUT2D eigenvalue weighted by Crippen LogP contribution is -2.26. The van der Waals surface area contributed by atoms with Gasteiger partial charge in [-0.05, 0) is 57.9 Å². The summed E-state index contributed by atoms with van der Waals surface area (Å²) in [4.78, 5) is 0. The summed E-state index contributed by atoms with van der Waals surface area (Å²) in [5, 5.41) is 3.38. The molecule has 1 atom stereocenters. The van der Waals surface area contributed by atoms with Crippen molar-refractivity contribution in [1.82, 2.24) is 5.32 Å². The number of aryl methyl sites for hydroxylation is 1. The third-order valence-electron chi connectivity index (χ3n) is 3.76. The minimum atomic E-state index is -0.0728. The monoisotopic (exact) mass is 265 g/mol. The summed E-state index contributed by atoms with van der Waals surface area (Å²) in [6.07, 6.45) is 2.06. The van der Waals surface area contributed by atoms with Gasteiger partial charge < -0.3 is 14.8 Å². The second-order valence-electron chi connectivity index (χ2n) is 5.57. The molecule has 0 aliphatic heterocycles. The average molecular weight is 265 g/mol. The Balaban J connectivity index is 2.77. The predicted octanol–water partition coefficient (Wildman–Crippen LogP) is 3.47. The van der Waals surface area contributed by atoms with E-state index in [1.165, 1.54) is 11.1 Å². The lowest BCUT2D eigenvalue weighted by molar-refractivity contribution is 0.0118. The van der Waals surface area contributed by atoms with Crippen LogP contribution in [0.15, 0.2) is 18.2 Å². The number of nitrogens with one attached hydrogen (secondary N) is 1. The van der Waals surface area contributed by atoms with E-state index in [0.717, 1.165) is 18.6 Å². The van der Waals surface area contributed by atoms with Crippen LogP contribution in [0.25, 0.3) is 0 Å². The van der Waals surface area contributed by atoms with Gasteiger partial charge in [0.05, 0.1) is 12.7 Å². The van der Waals surface area contributed by atoms with Crippen molar-refractivity contribution < 1.29 is 9.47 Å². The van der Waals surface area contributed by atoms with Gasteiger partial charge in [0.15, 0.2) is 0 Å². The van der Waals surface area contributed by atoms with Gasteiger partial charge in [-0.3, -0.25) is 0 Å². The van der Waals surface area contributed by atoms with E-state index in [1.807, 2.05) is 13.1 Å². The first kappa shape index (κ1) is 16.0. The van der Waals surface area contributed by atoms with E-state index in [-0.39, 0.29) is 5.60 Å². The normalized spacial score (nSPS) is 13.4. The molecule has 1 N–H and O–H groups in total. The Bertz CT molecular complexity index is 402. The van der Waals surface area contributed by atoms with Gasteiger partial charge in [-0.25, -0.2) is 0 Å². The third-order valence-corrected chi connectivity index (χ3v) is 3.76. The van der Waals surface area contributed by atoms with Crippen LogP contribution < -0.4 is 10.1 Å². The maximum atomic E-state index is 5.48. The molecule has 1 unspecified atom stereocenters. The van der Waals surface area contributed by atoms with Gasteiger partial charge >= 0.3 is 0 Å². The highest BCUT2D eigenvalue weighted by atomic mass is 16.5. The molecule has 3 heteroatoms. The number of benzene rings is 1. The molecule has 0 aliphatic rings. The molecule has 0 heterocycles. The maximum absolute atomic E-state index is 5.48. The lowest BCUT2D eigenvalue weighted by atomic mass is 9.94. The van der Waals surface area contributed by atoms with Crippen LogP contribution in [0.4, 0.5) is 0 Å². The first-order valence-electron chi connectivity index (χ1n) is 6.80. The second kappa shape index (κ2) is 6.92. The van der Waals surface area contributed by atoms with Crippen molar-refractivity contribution in [2.75, 3.05) is 21.3 Å². The fourth-order valence-electron chi connectivity index (χ4n) is 2.19. The zero-order valence-electron chi connectivity index (χ0n) is 13.0. The van der Waals surface area contributed by atoms with Gasteiger partial charge in [0.25, 0.3) is 0 Å². The molecule has 0 saturated heterocycles. The molecule has 108 valence electrons. The van der Waals surface area contributed by atoms with Crippen LogP contribution >= 0.6 is 0 Å². The Morgan fingerprint density at radius 2 is 1.95 bits per heavy atom. The van der Waals surface area contributed by atoms with Crippen molar-refractivity contribution in [1.29, 1.82) is 0 Å². The molecule has 0 aliphatic carbocycles. The van der Waals surface area contributed by atoms with Crippen LogP contribution in [0.1, 0.15) is 43.9 Å². The Morgan fingerprint density at radius 1 is 1.26 bits per heavy atom. The van der Waals surface area contributed by atoms with Crippen molar-refractivity contribution in [3.8, 4) is 5.75 Å². The van der Waals surface area contributed by atoms with E-state index in [0.29, 0.717) is 6.04 Å². The van der Waals surface area contributed by atoms with E-state index in [1.54, 1.807) is 14.2 Å². The van der Waals surface area contributed by atoms with Crippen LogP contribution in [0.2, 0.25) is 0 Å². The number of methoxy groups -OCH3 is 2. The molecule has 0 fully saturated rings. The zero-order chi connectivity index (χ0) is 14.5. The Morgan fingerprint density at radius 3 is 2.42 bits per heavy atom. The summed E-state index contributed by atoms with van der Waals surface area (Å²) < 4.78 is 10.8. The van der Waals surface area contributed by atoms with Crippen LogP contribution in [0, 0.1) is 6.92 Å². The molecule has 1 rings (SSSR count). The smallest absolute Gasteiger partial charge is 0.121 e. The molecule has 0 aromatic heterocycles. The second-order valence-corrected chi connectivity index (χ2v) is 5.57. The van der Waals surface area contributed by atoms with Crippen LogP contribution in [0.5, 0.6) is 5.75 Å². The van der Waals surface area contributed by atoms with Gasteiger partial charge in [-0.2, -0.15) is 0 Å². The van der Waals surface area contributed by atoms with Crippen LogP contribution in [0.3, 0.4) is 0 Å². The number of rotatable bonds is 7. The van der Waals surface area contributed by atoms with E-state index < -0.39 is 0 Å². The Hall–Kier alpha value is -1.06. The van der Waals surface area contributed by atoms with Gasteiger partial charge in [0.2, 0.25) is 0 Å². The molecule has 0 amide bonds. The van der Waals surface area contributed by atoms with Gasteiger partial charge in [-0.1, -0.05) is 12.1 Å².